The smallest absolute Gasteiger partial charge is 0.410 e. The Bertz CT molecular complexity index is 1310. The molecule has 0 bridgehead atoms. The quantitative estimate of drug-likeness (QED) is 0.343. The van der Waals surface area contributed by atoms with Crippen LogP contribution >= 0.6 is 11.6 Å². The molecular weight excluding hydrogens is 505 g/mol. The molecule has 1 radical (unpaired) electrons. The van der Waals surface area contributed by atoms with E-state index in [0.29, 0.717) is 45.7 Å². The molecular formula is C24H24ClN2O4Y-. The van der Waals surface area contributed by atoms with E-state index >= 15 is 0 Å². The molecule has 1 aromatic heterocycles. The minimum Gasteiger partial charge on any atom is -0.506 e. The summed E-state index contributed by atoms with van der Waals surface area (Å²) in [7, 11) is 5.67. The van der Waals surface area contributed by atoms with Crippen LogP contribution in [0.3, 0.4) is 0 Å². The third-order valence-corrected chi connectivity index (χ3v) is 5.57. The summed E-state index contributed by atoms with van der Waals surface area (Å²) in [6, 6.07) is 8.95. The van der Waals surface area contributed by atoms with Gasteiger partial charge in [-0.25, -0.2) is 4.79 Å². The molecule has 165 valence electrons. The molecule has 0 saturated heterocycles. The molecule has 3 aromatic rings. The number of amides is 1. The molecule has 0 spiro atoms. The Kier molecular flexibility index (Phi) is 6.99. The number of carbonyl (C=O) groups is 1. The Balaban J connectivity index is 0.00000289. The Morgan fingerprint density at radius 1 is 1.16 bits per heavy atom. The van der Waals surface area contributed by atoms with Gasteiger partial charge in [0.1, 0.15) is 11.4 Å². The number of pyridine rings is 1. The summed E-state index contributed by atoms with van der Waals surface area (Å²) in [5.74, 6) is 0.412. The maximum Gasteiger partial charge on any atom is 0.410 e. The van der Waals surface area contributed by atoms with Crippen LogP contribution in [0.5, 0.6) is 5.75 Å². The molecule has 4 rings (SSSR count). The van der Waals surface area contributed by atoms with E-state index < -0.39 is 5.60 Å². The van der Waals surface area contributed by atoms with Gasteiger partial charge in [0.25, 0.3) is 0 Å². The van der Waals surface area contributed by atoms with Crippen molar-refractivity contribution in [1.29, 1.82) is 0 Å². The summed E-state index contributed by atoms with van der Waals surface area (Å²) >= 11 is 6.28. The maximum absolute atomic E-state index is 13.1. The third kappa shape index (κ3) is 4.41. The minimum absolute atomic E-state index is 0. The number of benzene rings is 2. The van der Waals surface area contributed by atoms with Gasteiger partial charge in [-0.2, -0.15) is 0 Å². The molecule has 1 aliphatic rings. The molecule has 32 heavy (non-hydrogen) atoms. The van der Waals surface area contributed by atoms with Crippen molar-refractivity contribution in [1.82, 2.24) is 9.47 Å². The summed E-state index contributed by atoms with van der Waals surface area (Å²) in [5, 5.41) is 1.46. The summed E-state index contributed by atoms with van der Waals surface area (Å²) in [5.41, 5.74) is 2.44. The van der Waals surface area contributed by atoms with Crippen LogP contribution in [0.1, 0.15) is 26.3 Å². The predicted molar refractivity (Wildman–Crippen MR) is 124 cm³/mol. The third-order valence-electron chi connectivity index (χ3n) is 5.28. The average Bonchev–Trinajstić information content (AvgIpc) is 3.20. The second-order valence-corrected chi connectivity index (χ2v) is 8.96. The van der Waals surface area contributed by atoms with Gasteiger partial charge in [0.15, 0.2) is 5.43 Å². The van der Waals surface area contributed by atoms with Gasteiger partial charge in [0.2, 0.25) is 0 Å². The van der Waals surface area contributed by atoms with Crippen molar-refractivity contribution in [3.05, 3.63) is 64.3 Å². The molecule has 0 fully saturated rings. The summed E-state index contributed by atoms with van der Waals surface area (Å²) in [6.07, 6.45) is 1.65. The second kappa shape index (κ2) is 9.08. The average molecular weight is 529 g/mol. The van der Waals surface area contributed by atoms with Gasteiger partial charge in [-0.3, -0.25) is 4.79 Å². The first-order valence-corrected chi connectivity index (χ1v) is 10.3. The van der Waals surface area contributed by atoms with Crippen LogP contribution in [0.2, 0.25) is 5.02 Å². The molecule has 0 N–H and O–H groups in total. The number of fused-ring (bicyclic) bond motifs is 2. The SMILES string of the molecule is [CH2-]n1c2cc(C3=CCN(C(=O)OC(C)(C)C)C3)ccc2c(=O)c2ccc(Cl)c(OC)c21.[Y]. The van der Waals surface area contributed by atoms with E-state index in [0.717, 1.165) is 11.1 Å². The molecule has 1 aliphatic heterocycles. The van der Waals surface area contributed by atoms with E-state index in [1.165, 1.54) is 7.11 Å². The number of halogens is 1. The van der Waals surface area contributed by atoms with Crippen LogP contribution in [0.4, 0.5) is 4.79 Å². The van der Waals surface area contributed by atoms with Crippen molar-refractivity contribution in [2.24, 2.45) is 0 Å². The second-order valence-electron chi connectivity index (χ2n) is 8.56. The first-order valence-electron chi connectivity index (χ1n) is 9.94. The number of hydrogen-bond donors (Lipinski definition) is 0. The number of nitrogens with zero attached hydrogens (tertiary/aromatic N) is 2. The first-order chi connectivity index (χ1) is 14.6. The Morgan fingerprint density at radius 2 is 1.84 bits per heavy atom. The van der Waals surface area contributed by atoms with E-state index in [-0.39, 0.29) is 44.2 Å². The summed E-state index contributed by atoms with van der Waals surface area (Å²) < 4.78 is 12.6. The van der Waals surface area contributed by atoms with Crippen LogP contribution in [-0.2, 0) is 37.4 Å². The standard InChI is InChI=1S/C24H24ClN2O4.Y/c1-24(2,3)31-23(29)27-11-10-15(13-27)14-6-7-16-19(12-14)26(4)20-17(21(16)28)8-9-18(25)22(20)30-5;/h6-10,12H,4,11,13H2,1-3,5H3;/q-1;. The van der Waals surface area contributed by atoms with Gasteiger partial charge in [-0.15, -0.1) is 7.05 Å². The van der Waals surface area contributed by atoms with Crippen LogP contribution in [0.15, 0.2) is 41.2 Å². The van der Waals surface area contributed by atoms with Gasteiger partial charge in [0.05, 0.1) is 12.1 Å². The molecule has 0 saturated carbocycles. The van der Waals surface area contributed by atoms with Crippen molar-refractivity contribution in [2.45, 2.75) is 26.4 Å². The topological polar surface area (TPSA) is 60.8 Å². The zero-order valence-corrected chi connectivity index (χ0v) is 22.2. The van der Waals surface area contributed by atoms with Crippen LogP contribution in [0, 0.1) is 7.05 Å². The van der Waals surface area contributed by atoms with Crippen molar-refractivity contribution < 1.29 is 47.0 Å². The Morgan fingerprint density at radius 3 is 2.50 bits per heavy atom. The molecule has 0 atom stereocenters. The molecule has 0 aliphatic carbocycles. The molecule has 0 unspecified atom stereocenters. The van der Waals surface area contributed by atoms with Crippen molar-refractivity contribution >= 4 is 45.1 Å². The van der Waals surface area contributed by atoms with Crippen LogP contribution in [0.25, 0.3) is 27.4 Å². The first kappa shape index (κ1) is 24.6. The van der Waals surface area contributed by atoms with Gasteiger partial charge >= 0.3 is 6.09 Å². The maximum atomic E-state index is 13.1. The molecule has 2 heterocycles. The summed E-state index contributed by atoms with van der Waals surface area (Å²) in [6.45, 7) is 6.44. The zero-order chi connectivity index (χ0) is 22.5. The van der Waals surface area contributed by atoms with Crippen molar-refractivity contribution in [3.8, 4) is 5.75 Å². The largest absolute Gasteiger partial charge is 0.506 e. The number of carbonyl (C=O) groups excluding carboxylic acids is 1. The monoisotopic (exact) mass is 528 g/mol. The van der Waals surface area contributed by atoms with E-state index in [1.807, 2.05) is 39.0 Å². The predicted octanol–water partition coefficient (Wildman–Crippen LogP) is 5.09. The number of methoxy groups -OCH3 is 1. The van der Waals surface area contributed by atoms with Crippen molar-refractivity contribution in [3.63, 3.8) is 0 Å². The van der Waals surface area contributed by atoms with Crippen molar-refractivity contribution in [2.75, 3.05) is 20.2 Å². The fourth-order valence-electron chi connectivity index (χ4n) is 3.83. The molecule has 8 heteroatoms. The van der Waals surface area contributed by atoms with Gasteiger partial charge in [0, 0.05) is 45.8 Å². The Labute approximate surface area is 217 Å². The zero-order valence-electron chi connectivity index (χ0n) is 18.6. The Hall–Kier alpha value is -2.02. The molecule has 6 nitrogen and oxygen atoms in total. The summed E-state index contributed by atoms with van der Waals surface area (Å²) in [4.78, 5) is 27.1. The van der Waals surface area contributed by atoms with Gasteiger partial charge < -0.3 is 18.9 Å². The van der Waals surface area contributed by atoms with Crippen LogP contribution < -0.4 is 10.2 Å². The number of rotatable bonds is 2. The van der Waals surface area contributed by atoms with E-state index in [9.17, 15) is 9.59 Å². The fourth-order valence-corrected chi connectivity index (χ4v) is 4.06. The van der Waals surface area contributed by atoms with E-state index in [1.54, 1.807) is 27.7 Å². The van der Waals surface area contributed by atoms with Gasteiger partial charge in [-0.05, 0) is 54.3 Å². The number of hydrogen-bond acceptors (Lipinski definition) is 4. The molecule has 1 amide bonds. The normalized spacial score (nSPS) is 13.8. The fraction of sp³-hybridized carbons (Fsp3) is 0.292. The molecule has 2 aromatic carbocycles. The number of ether oxygens (including phenoxy) is 2. The van der Waals surface area contributed by atoms with Crippen LogP contribution in [-0.4, -0.2) is 41.4 Å². The van der Waals surface area contributed by atoms with E-state index in [4.69, 9.17) is 21.1 Å². The number of aromatic nitrogens is 1. The minimum atomic E-state index is -0.547. The van der Waals surface area contributed by atoms with Gasteiger partial charge in [-0.1, -0.05) is 47.5 Å². The van der Waals surface area contributed by atoms with E-state index in [2.05, 4.69) is 7.05 Å².